The number of aliphatic hydroxyl groups excluding tert-OH is 1. The van der Waals surface area contributed by atoms with Crippen molar-refractivity contribution in [2.45, 2.75) is 26.2 Å². The minimum absolute atomic E-state index is 0.0653. The van der Waals surface area contributed by atoms with E-state index in [1.165, 1.54) is 17.7 Å². The summed E-state index contributed by atoms with van der Waals surface area (Å²) in [5, 5.41) is 9.47. The number of rotatable bonds is 6. The topological polar surface area (TPSA) is 32.7 Å². The third kappa shape index (κ3) is 3.10. The lowest BCUT2D eigenvalue weighted by atomic mass is 9.86. The summed E-state index contributed by atoms with van der Waals surface area (Å²) in [4.78, 5) is 2.21. The highest BCUT2D eigenvalue weighted by molar-refractivity contribution is 5.47. The van der Waals surface area contributed by atoms with Crippen molar-refractivity contribution in [2.24, 2.45) is 5.41 Å². The molecular formula is C16H25NO2. The lowest BCUT2D eigenvalue weighted by molar-refractivity contribution is -0.130. The van der Waals surface area contributed by atoms with E-state index >= 15 is 0 Å². The summed E-state index contributed by atoms with van der Waals surface area (Å²) < 4.78 is 5.24. The average Bonchev–Trinajstić information content (AvgIpc) is 2.42. The number of hydrogen-bond donors (Lipinski definition) is 1. The van der Waals surface area contributed by atoms with Gasteiger partial charge in [-0.3, -0.25) is 0 Å². The predicted octanol–water partition coefficient (Wildman–Crippen LogP) is 2.65. The molecule has 1 N–H and O–H groups in total. The molecule has 2 rings (SSSR count). The average molecular weight is 263 g/mol. The molecule has 1 aliphatic rings. The molecule has 0 aromatic heterocycles. The van der Waals surface area contributed by atoms with Crippen LogP contribution in [0.15, 0.2) is 24.3 Å². The SMILES string of the molecule is CCC(C)c1ccc(N(C)CC2(CO)COC2)cc1. The zero-order valence-corrected chi connectivity index (χ0v) is 12.2. The van der Waals surface area contributed by atoms with E-state index in [1.807, 2.05) is 0 Å². The maximum Gasteiger partial charge on any atom is 0.0584 e. The van der Waals surface area contributed by atoms with Crippen molar-refractivity contribution in [2.75, 3.05) is 38.3 Å². The first-order valence-corrected chi connectivity index (χ1v) is 7.10. The number of ether oxygens (including phenoxy) is 1. The van der Waals surface area contributed by atoms with Crippen LogP contribution in [-0.4, -0.2) is 38.5 Å². The predicted molar refractivity (Wildman–Crippen MR) is 78.8 cm³/mol. The van der Waals surface area contributed by atoms with E-state index < -0.39 is 0 Å². The number of aliphatic hydroxyl groups is 1. The van der Waals surface area contributed by atoms with Gasteiger partial charge in [-0.25, -0.2) is 0 Å². The van der Waals surface area contributed by atoms with Gasteiger partial charge in [-0.15, -0.1) is 0 Å². The number of hydrogen-bond acceptors (Lipinski definition) is 3. The Bertz CT molecular complexity index is 392. The second-order valence-corrected chi connectivity index (χ2v) is 5.91. The van der Waals surface area contributed by atoms with Crippen molar-refractivity contribution in [3.8, 4) is 0 Å². The summed E-state index contributed by atoms with van der Waals surface area (Å²) in [5.74, 6) is 0.614. The first-order chi connectivity index (χ1) is 9.10. The first kappa shape index (κ1) is 14.4. The smallest absolute Gasteiger partial charge is 0.0584 e. The molecule has 3 nitrogen and oxygen atoms in total. The van der Waals surface area contributed by atoms with E-state index in [4.69, 9.17) is 4.74 Å². The van der Waals surface area contributed by atoms with Gasteiger partial charge < -0.3 is 14.7 Å². The van der Waals surface area contributed by atoms with Gasteiger partial charge in [0.05, 0.1) is 25.2 Å². The molecule has 106 valence electrons. The van der Waals surface area contributed by atoms with E-state index in [0.29, 0.717) is 19.1 Å². The summed E-state index contributed by atoms with van der Waals surface area (Å²) in [6.07, 6.45) is 1.17. The quantitative estimate of drug-likeness (QED) is 0.856. The minimum Gasteiger partial charge on any atom is -0.396 e. The number of nitrogens with zero attached hydrogens (tertiary/aromatic N) is 1. The first-order valence-electron chi connectivity index (χ1n) is 7.10. The van der Waals surface area contributed by atoms with Crippen LogP contribution in [0.2, 0.25) is 0 Å². The molecule has 1 aromatic carbocycles. The normalized spacial score (nSPS) is 18.7. The van der Waals surface area contributed by atoms with Crippen LogP contribution in [0.4, 0.5) is 5.69 Å². The van der Waals surface area contributed by atoms with Crippen molar-refractivity contribution in [3.05, 3.63) is 29.8 Å². The summed E-state index contributed by atoms with van der Waals surface area (Å²) in [7, 11) is 2.08. The summed E-state index contributed by atoms with van der Waals surface area (Å²) in [6, 6.07) is 8.77. The van der Waals surface area contributed by atoms with E-state index in [1.54, 1.807) is 0 Å². The fraction of sp³-hybridized carbons (Fsp3) is 0.625. The fourth-order valence-electron chi connectivity index (χ4n) is 2.51. The van der Waals surface area contributed by atoms with Gasteiger partial charge >= 0.3 is 0 Å². The highest BCUT2D eigenvalue weighted by atomic mass is 16.5. The highest BCUT2D eigenvalue weighted by Gasteiger charge is 2.39. The van der Waals surface area contributed by atoms with Crippen LogP contribution in [0, 0.1) is 5.41 Å². The minimum atomic E-state index is -0.0653. The zero-order chi connectivity index (χ0) is 13.9. The van der Waals surface area contributed by atoms with Crippen LogP contribution in [0.3, 0.4) is 0 Å². The number of benzene rings is 1. The number of anilines is 1. The maximum absolute atomic E-state index is 9.47. The Labute approximate surface area is 116 Å². The van der Waals surface area contributed by atoms with Crippen molar-refractivity contribution in [3.63, 3.8) is 0 Å². The van der Waals surface area contributed by atoms with Crippen molar-refractivity contribution < 1.29 is 9.84 Å². The molecule has 19 heavy (non-hydrogen) atoms. The molecule has 1 fully saturated rings. The van der Waals surface area contributed by atoms with Gasteiger partial charge in [0.15, 0.2) is 0 Å². The van der Waals surface area contributed by atoms with Gasteiger partial charge in [0.1, 0.15) is 0 Å². The molecule has 1 aliphatic heterocycles. The summed E-state index contributed by atoms with van der Waals surface area (Å²) >= 11 is 0. The van der Waals surface area contributed by atoms with Gasteiger partial charge in [-0.2, -0.15) is 0 Å². The summed E-state index contributed by atoms with van der Waals surface area (Å²) in [6.45, 7) is 6.84. The highest BCUT2D eigenvalue weighted by Crippen LogP contribution is 2.30. The van der Waals surface area contributed by atoms with Crippen LogP contribution in [0.1, 0.15) is 31.7 Å². The summed E-state index contributed by atoms with van der Waals surface area (Å²) in [5.41, 5.74) is 2.53. The van der Waals surface area contributed by atoms with Gasteiger partial charge in [0, 0.05) is 19.3 Å². The lowest BCUT2D eigenvalue weighted by Crippen LogP contribution is -2.52. The van der Waals surface area contributed by atoms with E-state index in [0.717, 1.165) is 6.54 Å². The van der Waals surface area contributed by atoms with Crippen LogP contribution in [0.25, 0.3) is 0 Å². The van der Waals surface area contributed by atoms with Crippen LogP contribution in [-0.2, 0) is 4.74 Å². The van der Waals surface area contributed by atoms with Gasteiger partial charge in [-0.1, -0.05) is 26.0 Å². The van der Waals surface area contributed by atoms with Crippen molar-refractivity contribution in [1.29, 1.82) is 0 Å². The van der Waals surface area contributed by atoms with Crippen LogP contribution in [0.5, 0.6) is 0 Å². The molecule has 0 amide bonds. The van der Waals surface area contributed by atoms with E-state index in [-0.39, 0.29) is 12.0 Å². The molecule has 1 heterocycles. The molecule has 1 aromatic rings. The Kier molecular flexibility index (Phi) is 4.48. The Morgan fingerprint density at radius 1 is 1.32 bits per heavy atom. The maximum atomic E-state index is 9.47. The Balaban J connectivity index is 2.01. The molecule has 1 atom stereocenters. The lowest BCUT2D eigenvalue weighted by Gasteiger charge is -2.42. The largest absolute Gasteiger partial charge is 0.396 e. The fourth-order valence-corrected chi connectivity index (χ4v) is 2.51. The zero-order valence-electron chi connectivity index (χ0n) is 12.2. The van der Waals surface area contributed by atoms with Crippen LogP contribution >= 0.6 is 0 Å². The van der Waals surface area contributed by atoms with Gasteiger partial charge in [0.25, 0.3) is 0 Å². The Morgan fingerprint density at radius 2 is 1.95 bits per heavy atom. The third-order valence-electron chi connectivity index (χ3n) is 4.24. The molecule has 0 bridgehead atoms. The van der Waals surface area contributed by atoms with Gasteiger partial charge in [-0.05, 0) is 30.0 Å². The molecule has 0 saturated carbocycles. The van der Waals surface area contributed by atoms with Crippen LogP contribution < -0.4 is 4.90 Å². The molecular weight excluding hydrogens is 238 g/mol. The third-order valence-corrected chi connectivity index (χ3v) is 4.24. The molecule has 0 radical (unpaired) electrons. The standard InChI is InChI=1S/C16H25NO2/c1-4-13(2)14-5-7-15(8-6-14)17(3)9-16(10-18)11-19-12-16/h5-8,13,18H,4,9-12H2,1-3H3. The van der Waals surface area contributed by atoms with Crippen molar-refractivity contribution in [1.82, 2.24) is 0 Å². The Hall–Kier alpha value is -1.06. The molecule has 0 aliphatic carbocycles. The second-order valence-electron chi connectivity index (χ2n) is 5.91. The van der Waals surface area contributed by atoms with Gasteiger partial charge in [0.2, 0.25) is 0 Å². The molecule has 1 unspecified atom stereocenters. The van der Waals surface area contributed by atoms with Crippen molar-refractivity contribution >= 4 is 5.69 Å². The molecule has 3 heteroatoms. The second kappa shape index (κ2) is 5.93. The monoisotopic (exact) mass is 263 g/mol. The Morgan fingerprint density at radius 3 is 2.37 bits per heavy atom. The molecule has 1 saturated heterocycles. The van der Waals surface area contributed by atoms with E-state index in [9.17, 15) is 5.11 Å². The van der Waals surface area contributed by atoms with E-state index in [2.05, 4.69) is 50.1 Å². The molecule has 0 spiro atoms.